The number of methoxy groups -OCH3 is 3. The van der Waals surface area contributed by atoms with Crippen LogP contribution in [0.2, 0.25) is 0 Å². The molecule has 2 N–H and O–H groups in total. The van der Waals surface area contributed by atoms with Gasteiger partial charge in [-0.2, -0.15) is 0 Å². The number of rotatable bonds is 8. The van der Waals surface area contributed by atoms with Crippen LogP contribution in [0.15, 0.2) is 60.7 Å². The highest BCUT2D eigenvalue weighted by Gasteiger charge is 2.21. The second-order valence-electron chi connectivity index (χ2n) is 7.96. The van der Waals surface area contributed by atoms with Gasteiger partial charge in [-0.05, 0) is 53.9 Å². The molecule has 0 spiro atoms. The lowest BCUT2D eigenvalue weighted by Gasteiger charge is -2.26. The van der Waals surface area contributed by atoms with E-state index >= 15 is 0 Å². The fraction of sp³-hybridized carbons (Fsp3) is 0.259. The van der Waals surface area contributed by atoms with E-state index < -0.39 is 0 Å². The molecular formula is C27H28N2O6. The molecule has 182 valence electrons. The highest BCUT2D eigenvalue weighted by Crippen LogP contribution is 2.38. The molecule has 1 atom stereocenters. The molecule has 0 aromatic heterocycles. The number of amides is 2. The maximum atomic E-state index is 12.8. The average Bonchev–Trinajstić information content (AvgIpc) is 2.91. The Morgan fingerprint density at radius 3 is 2.23 bits per heavy atom. The normalized spacial score (nSPS) is 14.4. The number of anilines is 1. The lowest BCUT2D eigenvalue weighted by molar-refractivity contribution is 0.0411. The van der Waals surface area contributed by atoms with Crippen LogP contribution in [0.5, 0.6) is 17.2 Å². The van der Waals surface area contributed by atoms with Gasteiger partial charge in [0.05, 0.1) is 27.9 Å². The van der Waals surface area contributed by atoms with Gasteiger partial charge in [0.25, 0.3) is 11.8 Å². The second-order valence-corrected chi connectivity index (χ2v) is 7.96. The molecule has 8 nitrogen and oxygen atoms in total. The SMILES string of the molecule is COc1cc(C(=O)Nc2ccc(C(=O)NCC3OCCc4ccccc43)cc2)cc(OC)c1OC. The van der Waals surface area contributed by atoms with E-state index in [0.29, 0.717) is 47.2 Å². The summed E-state index contributed by atoms with van der Waals surface area (Å²) >= 11 is 0. The summed E-state index contributed by atoms with van der Waals surface area (Å²) in [5.74, 6) is 0.611. The zero-order chi connectivity index (χ0) is 24.8. The monoisotopic (exact) mass is 476 g/mol. The maximum absolute atomic E-state index is 12.8. The number of hydrogen-bond donors (Lipinski definition) is 2. The number of fused-ring (bicyclic) bond motifs is 1. The lowest BCUT2D eigenvalue weighted by Crippen LogP contribution is -2.31. The number of ether oxygens (including phenoxy) is 4. The van der Waals surface area contributed by atoms with Gasteiger partial charge in [0.2, 0.25) is 5.75 Å². The Balaban J connectivity index is 1.39. The molecule has 0 saturated heterocycles. The summed E-state index contributed by atoms with van der Waals surface area (Å²) in [6, 6.07) is 18.0. The van der Waals surface area contributed by atoms with Crippen molar-refractivity contribution in [2.45, 2.75) is 12.5 Å². The van der Waals surface area contributed by atoms with Crippen LogP contribution in [0.3, 0.4) is 0 Å². The third-order valence-electron chi connectivity index (χ3n) is 5.87. The van der Waals surface area contributed by atoms with Crippen molar-refractivity contribution in [3.8, 4) is 17.2 Å². The van der Waals surface area contributed by atoms with E-state index in [9.17, 15) is 9.59 Å². The van der Waals surface area contributed by atoms with Crippen LogP contribution in [-0.4, -0.2) is 46.3 Å². The highest BCUT2D eigenvalue weighted by atomic mass is 16.5. The fourth-order valence-corrected chi connectivity index (χ4v) is 4.05. The van der Waals surface area contributed by atoms with Crippen molar-refractivity contribution in [2.24, 2.45) is 0 Å². The van der Waals surface area contributed by atoms with Crippen molar-refractivity contribution in [3.05, 3.63) is 82.9 Å². The van der Waals surface area contributed by atoms with Gasteiger partial charge < -0.3 is 29.6 Å². The molecule has 3 aromatic carbocycles. The van der Waals surface area contributed by atoms with E-state index in [1.54, 1.807) is 36.4 Å². The zero-order valence-electron chi connectivity index (χ0n) is 19.9. The maximum Gasteiger partial charge on any atom is 0.255 e. The highest BCUT2D eigenvalue weighted by molar-refractivity contribution is 6.05. The minimum Gasteiger partial charge on any atom is -0.493 e. The molecule has 1 aliphatic heterocycles. The van der Waals surface area contributed by atoms with E-state index in [4.69, 9.17) is 18.9 Å². The van der Waals surface area contributed by atoms with Crippen molar-refractivity contribution < 1.29 is 28.5 Å². The lowest BCUT2D eigenvalue weighted by atomic mass is 9.97. The Labute approximate surface area is 204 Å². The van der Waals surface area contributed by atoms with Crippen LogP contribution in [0.1, 0.15) is 37.9 Å². The molecule has 0 radical (unpaired) electrons. The molecule has 2 amide bonds. The van der Waals surface area contributed by atoms with Crippen LogP contribution >= 0.6 is 0 Å². The van der Waals surface area contributed by atoms with Crippen LogP contribution in [0.4, 0.5) is 5.69 Å². The Morgan fingerprint density at radius 2 is 1.57 bits per heavy atom. The van der Waals surface area contributed by atoms with Gasteiger partial charge in [-0.1, -0.05) is 24.3 Å². The summed E-state index contributed by atoms with van der Waals surface area (Å²) in [6.07, 6.45) is 0.713. The van der Waals surface area contributed by atoms with Crippen molar-refractivity contribution in [3.63, 3.8) is 0 Å². The van der Waals surface area contributed by atoms with Gasteiger partial charge >= 0.3 is 0 Å². The van der Waals surface area contributed by atoms with Gasteiger partial charge in [-0.15, -0.1) is 0 Å². The molecule has 35 heavy (non-hydrogen) atoms. The van der Waals surface area contributed by atoms with E-state index in [1.165, 1.54) is 26.9 Å². The van der Waals surface area contributed by atoms with Gasteiger partial charge in [0, 0.05) is 23.4 Å². The first kappa shape index (κ1) is 24.1. The number of carbonyl (C=O) groups excluding carboxylic acids is 2. The van der Waals surface area contributed by atoms with E-state index in [-0.39, 0.29) is 17.9 Å². The van der Waals surface area contributed by atoms with Crippen LogP contribution in [0.25, 0.3) is 0 Å². The third kappa shape index (κ3) is 5.38. The zero-order valence-corrected chi connectivity index (χ0v) is 19.9. The first-order valence-corrected chi connectivity index (χ1v) is 11.2. The number of hydrogen-bond acceptors (Lipinski definition) is 6. The fourth-order valence-electron chi connectivity index (χ4n) is 4.05. The van der Waals surface area contributed by atoms with Gasteiger partial charge in [-0.25, -0.2) is 0 Å². The molecule has 1 heterocycles. The summed E-state index contributed by atoms with van der Waals surface area (Å²) in [5.41, 5.74) is 3.74. The summed E-state index contributed by atoms with van der Waals surface area (Å²) in [5, 5.41) is 5.76. The number of benzene rings is 3. The third-order valence-corrected chi connectivity index (χ3v) is 5.87. The van der Waals surface area contributed by atoms with E-state index in [2.05, 4.69) is 16.7 Å². The van der Waals surface area contributed by atoms with Crippen molar-refractivity contribution in [2.75, 3.05) is 39.8 Å². The Hall–Kier alpha value is -4.04. The first-order valence-electron chi connectivity index (χ1n) is 11.2. The van der Waals surface area contributed by atoms with Crippen molar-refractivity contribution in [1.82, 2.24) is 5.32 Å². The molecule has 1 aliphatic rings. The predicted octanol–water partition coefficient (Wildman–Crippen LogP) is 4.01. The second kappa shape index (κ2) is 10.9. The number of nitrogens with one attached hydrogen (secondary N) is 2. The van der Waals surface area contributed by atoms with Crippen molar-refractivity contribution in [1.29, 1.82) is 0 Å². The largest absolute Gasteiger partial charge is 0.493 e. The summed E-state index contributed by atoms with van der Waals surface area (Å²) in [7, 11) is 4.47. The Morgan fingerprint density at radius 1 is 0.886 bits per heavy atom. The van der Waals surface area contributed by atoms with E-state index in [1.807, 2.05) is 18.2 Å². The molecule has 4 rings (SSSR count). The quantitative estimate of drug-likeness (QED) is 0.510. The summed E-state index contributed by atoms with van der Waals surface area (Å²) in [4.78, 5) is 25.5. The Bertz CT molecular complexity index is 1180. The minimum atomic E-state index is -0.352. The van der Waals surface area contributed by atoms with E-state index in [0.717, 1.165) is 12.0 Å². The topological polar surface area (TPSA) is 95.1 Å². The molecule has 0 saturated carbocycles. The molecule has 8 heteroatoms. The predicted molar refractivity (Wildman–Crippen MR) is 132 cm³/mol. The average molecular weight is 477 g/mol. The molecular weight excluding hydrogens is 448 g/mol. The first-order chi connectivity index (χ1) is 17.0. The minimum absolute atomic E-state index is 0.166. The smallest absolute Gasteiger partial charge is 0.255 e. The van der Waals surface area contributed by atoms with Gasteiger partial charge in [-0.3, -0.25) is 9.59 Å². The molecule has 0 aliphatic carbocycles. The summed E-state index contributed by atoms with van der Waals surface area (Å²) in [6.45, 7) is 1.02. The van der Waals surface area contributed by atoms with Gasteiger partial charge in [0.15, 0.2) is 11.5 Å². The molecule has 1 unspecified atom stereocenters. The van der Waals surface area contributed by atoms with Crippen LogP contribution < -0.4 is 24.8 Å². The van der Waals surface area contributed by atoms with Crippen LogP contribution in [0, 0.1) is 0 Å². The molecule has 0 bridgehead atoms. The van der Waals surface area contributed by atoms with Crippen LogP contribution in [-0.2, 0) is 11.2 Å². The standard InChI is InChI=1S/C27H28N2O6/c1-32-22-14-19(15-23(33-2)25(22)34-3)27(31)29-20-10-8-18(9-11-20)26(30)28-16-24-21-7-5-4-6-17(21)12-13-35-24/h4-11,14-15,24H,12-13,16H2,1-3H3,(H,28,30)(H,29,31). The Kier molecular flexibility index (Phi) is 7.52. The summed E-state index contributed by atoms with van der Waals surface area (Å²) < 4.78 is 21.8. The number of carbonyl (C=O) groups is 2. The molecule has 0 fully saturated rings. The van der Waals surface area contributed by atoms with Gasteiger partial charge in [0.1, 0.15) is 6.10 Å². The molecule has 3 aromatic rings. The van der Waals surface area contributed by atoms with Crippen molar-refractivity contribution >= 4 is 17.5 Å².